The largest absolute Gasteiger partial charge is 0.494 e. The van der Waals surface area contributed by atoms with Crippen LogP contribution in [0.4, 0.5) is 0 Å². The highest BCUT2D eigenvalue weighted by atomic mass is 16.5. The summed E-state index contributed by atoms with van der Waals surface area (Å²) in [7, 11) is 0. The van der Waals surface area contributed by atoms with Crippen LogP contribution in [0, 0.1) is 6.92 Å². The molecule has 0 aliphatic heterocycles. The maximum atomic E-state index is 10.5. The Kier molecular flexibility index (Phi) is 7.69. The lowest BCUT2D eigenvalue weighted by atomic mass is 10.2. The molecule has 0 amide bonds. The zero-order chi connectivity index (χ0) is 14.8. The van der Waals surface area contributed by atoms with E-state index in [9.17, 15) is 4.79 Å². The number of aliphatic hydroxyl groups excluding tert-OH is 1. The summed E-state index contributed by atoms with van der Waals surface area (Å²) in [6.45, 7) is 4.32. The molecule has 0 aliphatic carbocycles. The highest BCUT2D eigenvalue weighted by molar-refractivity contribution is 5.66. The third-order valence-corrected chi connectivity index (χ3v) is 2.94. The molecule has 5 nitrogen and oxygen atoms in total. The molecule has 1 aromatic rings. The van der Waals surface area contributed by atoms with Gasteiger partial charge in [-0.1, -0.05) is 12.1 Å². The lowest BCUT2D eigenvalue weighted by Crippen LogP contribution is -2.31. The third-order valence-electron chi connectivity index (χ3n) is 2.94. The van der Waals surface area contributed by atoms with Crippen LogP contribution in [-0.2, 0) is 4.79 Å². The van der Waals surface area contributed by atoms with Gasteiger partial charge in [-0.25, -0.2) is 0 Å². The van der Waals surface area contributed by atoms with Gasteiger partial charge in [0.2, 0.25) is 0 Å². The molecule has 1 aromatic carbocycles. The molecular formula is C15H23NO4. The van der Waals surface area contributed by atoms with E-state index < -0.39 is 5.97 Å². The Morgan fingerprint density at radius 1 is 1.30 bits per heavy atom. The predicted molar refractivity (Wildman–Crippen MR) is 77.1 cm³/mol. The number of aryl methyl sites for hydroxylation is 1. The van der Waals surface area contributed by atoms with Crippen LogP contribution >= 0.6 is 0 Å². The van der Waals surface area contributed by atoms with Crippen LogP contribution in [0.3, 0.4) is 0 Å². The molecule has 5 heteroatoms. The molecule has 1 rings (SSSR count). The summed E-state index contributed by atoms with van der Waals surface area (Å²) < 4.78 is 5.64. The van der Waals surface area contributed by atoms with Gasteiger partial charge in [0, 0.05) is 19.6 Å². The van der Waals surface area contributed by atoms with Gasteiger partial charge in [0.1, 0.15) is 5.75 Å². The second kappa shape index (κ2) is 9.34. The van der Waals surface area contributed by atoms with Crippen molar-refractivity contribution in [1.82, 2.24) is 4.90 Å². The number of aliphatic carboxylic acids is 1. The topological polar surface area (TPSA) is 70.0 Å². The number of nitrogens with zero attached hydrogens (tertiary/aromatic N) is 1. The van der Waals surface area contributed by atoms with E-state index >= 15 is 0 Å². The van der Waals surface area contributed by atoms with E-state index in [0.717, 1.165) is 24.3 Å². The van der Waals surface area contributed by atoms with Crippen molar-refractivity contribution in [2.45, 2.75) is 19.8 Å². The summed E-state index contributed by atoms with van der Waals surface area (Å²) in [5.74, 6) is 0.0354. The number of aliphatic hydroxyl groups is 1. The molecule has 0 radical (unpaired) electrons. The molecule has 2 N–H and O–H groups in total. The fourth-order valence-electron chi connectivity index (χ4n) is 1.91. The van der Waals surface area contributed by atoms with E-state index in [2.05, 4.69) is 0 Å². The zero-order valence-electron chi connectivity index (χ0n) is 11.9. The molecule has 0 aromatic heterocycles. The molecule has 0 aliphatic rings. The number of carboxylic acids is 1. The van der Waals surface area contributed by atoms with E-state index in [1.165, 1.54) is 0 Å². The molecule has 0 fully saturated rings. The summed E-state index contributed by atoms with van der Waals surface area (Å²) >= 11 is 0. The molecule has 0 saturated heterocycles. The van der Waals surface area contributed by atoms with Crippen LogP contribution in [-0.4, -0.2) is 53.9 Å². The number of benzene rings is 1. The Bertz CT molecular complexity index is 409. The third kappa shape index (κ3) is 7.11. The van der Waals surface area contributed by atoms with Crippen molar-refractivity contribution in [3.05, 3.63) is 29.8 Å². The van der Waals surface area contributed by atoms with E-state index in [1.54, 1.807) is 0 Å². The van der Waals surface area contributed by atoms with Gasteiger partial charge in [-0.05, 0) is 31.0 Å². The average molecular weight is 281 g/mol. The summed E-state index contributed by atoms with van der Waals surface area (Å²) in [6, 6.07) is 7.87. The number of hydrogen-bond donors (Lipinski definition) is 2. The molecule has 112 valence electrons. The minimum atomic E-state index is -0.816. The molecule has 0 heterocycles. The SMILES string of the molecule is Cc1cccc(OCCCN(CCO)CCC(=O)O)c1. The van der Waals surface area contributed by atoms with E-state index in [0.29, 0.717) is 19.7 Å². The Balaban J connectivity index is 2.24. The molecule has 0 bridgehead atoms. The van der Waals surface area contributed by atoms with Crippen molar-refractivity contribution in [3.8, 4) is 5.75 Å². The normalized spacial score (nSPS) is 10.8. The Labute approximate surface area is 119 Å². The minimum Gasteiger partial charge on any atom is -0.494 e. The predicted octanol–water partition coefficient (Wildman–Crippen LogP) is 1.53. The molecule has 0 unspecified atom stereocenters. The van der Waals surface area contributed by atoms with E-state index in [-0.39, 0.29) is 13.0 Å². The molecule has 0 spiro atoms. The summed E-state index contributed by atoms with van der Waals surface area (Å²) in [5, 5.41) is 17.6. The van der Waals surface area contributed by atoms with Crippen molar-refractivity contribution in [1.29, 1.82) is 0 Å². The molecule has 20 heavy (non-hydrogen) atoms. The number of rotatable bonds is 10. The van der Waals surface area contributed by atoms with Crippen molar-refractivity contribution >= 4 is 5.97 Å². The van der Waals surface area contributed by atoms with Gasteiger partial charge >= 0.3 is 5.97 Å². The van der Waals surface area contributed by atoms with Crippen molar-refractivity contribution in [3.63, 3.8) is 0 Å². The van der Waals surface area contributed by atoms with Gasteiger partial charge in [0.15, 0.2) is 0 Å². The number of carboxylic acid groups (broad SMARTS) is 1. The maximum absolute atomic E-state index is 10.5. The van der Waals surface area contributed by atoms with E-state index in [4.69, 9.17) is 14.9 Å². The van der Waals surface area contributed by atoms with E-state index in [1.807, 2.05) is 36.1 Å². The van der Waals surface area contributed by atoms with Gasteiger partial charge < -0.3 is 19.8 Å². The first-order valence-corrected chi connectivity index (χ1v) is 6.86. The summed E-state index contributed by atoms with van der Waals surface area (Å²) in [5.41, 5.74) is 1.16. The zero-order valence-corrected chi connectivity index (χ0v) is 11.9. The van der Waals surface area contributed by atoms with Crippen LogP contribution in [0.15, 0.2) is 24.3 Å². The number of carbonyl (C=O) groups is 1. The monoisotopic (exact) mass is 281 g/mol. The van der Waals surface area contributed by atoms with Crippen LogP contribution < -0.4 is 4.74 Å². The first-order chi connectivity index (χ1) is 9.61. The first-order valence-electron chi connectivity index (χ1n) is 6.86. The molecule has 0 saturated carbocycles. The van der Waals surface area contributed by atoms with Gasteiger partial charge in [-0.3, -0.25) is 4.79 Å². The van der Waals surface area contributed by atoms with Gasteiger partial charge in [0.25, 0.3) is 0 Å². The van der Waals surface area contributed by atoms with Crippen LogP contribution in [0.1, 0.15) is 18.4 Å². The number of ether oxygens (including phenoxy) is 1. The van der Waals surface area contributed by atoms with Gasteiger partial charge in [0.05, 0.1) is 19.6 Å². The van der Waals surface area contributed by atoms with Crippen LogP contribution in [0.2, 0.25) is 0 Å². The smallest absolute Gasteiger partial charge is 0.304 e. The fraction of sp³-hybridized carbons (Fsp3) is 0.533. The Morgan fingerprint density at radius 2 is 2.10 bits per heavy atom. The number of hydrogen-bond acceptors (Lipinski definition) is 4. The average Bonchev–Trinajstić information content (AvgIpc) is 2.40. The lowest BCUT2D eigenvalue weighted by molar-refractivity contribution is -0.137. The standard InChI is InChI=1S/C15H23NO4/c1-13-4-2-5-14(12-13)20-11-3-7-16(9-10-17)8-6-15(18)19/h2,4-5,12,17H,3,6-11H2,1H3,(H,18,19). The fourth-order valence-corrected chi connectivity index (χ4v) is 1.91. The van der Waals surface area contributed by atoms with Crippen molar-refractivity contribution < 1.29 is 19.7 Å². The second-order valence-corrected chi connectivity index (χ2v) is 4.73. The Morgan fingerprint density at radius 3 is 2.75 bits per heavy atom. The quantitative estimate of drug-likeness (QED) is 0.637. The van der Waals surface area contributed by atoms with Gasteiger partial charge in [-0.2, -0.15) is 0 Å². The second-order valence-electron chi connectivity index (χ2n) is 4.73. The summed E-state index contributed by atoms with van der Waals surface area (Å²) in [6.07, 6.45) is 0.895. The highest BCUT2D eigenvalue weighted by Gasteiger charge is 2.06. The Hall–Kier alpha value is -1.59. The highest BCUT2D eigenvalue weighted by Crippen LogP contribution is 2.12. The minimum absolute atomic E-state index is 0.0400. The maximum Gasteiger partial charge on any atom is 0.304 e. The van der Waals surface area contributed by atoms with Crippen LogP contribution in [0.5, 0.6) is 5.75 Å². The van der Waals surface area contributed by atoms with Crippen molar-refractivity contribution in [2.75, 3.05) is 32.8 Å². The molecular weight excluding hydrogens is 258 g/mol. The van der Waals surface area contributed by atoms with Crippen LogP contribution in [0.25, 0.3) is 0 Å². The lowest BCUT2D eigenvalue weighted by Gasteiger charge is -2.20. The molecule has 0 atom stereocenters. The first kappa shape index (κ1) is 16.5. The summed E-state index contributed by atoms with van der Waals surface area (Å²) in [4.78, 5) is 12.5. The van der Waals surface area contributed by atoms with Gasteiger partial charge in [-0.15, -0.1) is 0 Å². The van der Waals surface area contributed by atoms with Crippen molar-refractivity contribution in [2.24, 2.45) is 0 Å².